The number of aromatic nitrogens is 1. The van der Waals surface area contributed by atoms with Crippen molar-refractivity contribution in [1.82, 2.24) is 9.99 Å². The molecular weight excluding hydrogens is 261 g/mol. The Kier molecular flexibility index (Phi) is 3.00. The largest absolute Gasteiger partial charge is 0.459 e. The molecule has 0 saturated heterocycles. The summed E-state index contributed by atoms with van der Waals surface area (Å²) < 4.78 is 20.2. The van der Waals surface area contributed by atoms with Crippen LogP contribution in [-0.2, 0) is 6.54 Å². The highest BCUT2D eigenvalue weighted by Crippen LogP contribution is 2.20. The van der Waals surface area contributed by atoms with Crippen LogP contribution in [0.5, 0.6) is 0 Å². The molecule has 0 aliphatic heterocycles. The van der Waals surface area contributed by atoms with Gasteiger partial charge in [0.05, 0.1) is 12.8 Å². The van der Waals surface area contributed by atoms with Gasteiger partial charge in [0, 0.05) is 22.7 Å². The number of hydrogen-bond acceptors (Lipinski definition) is 3. The van der Waals surface area contributed by atoms with Crippen LogP contribution in [0.4, 0.5) is 4.39 Å². The molecule has 3 rings (SSSR count). The third-order valence-electron chi connectivity index (χ3n) is 3.16. The number of nitrogens with zero attached hydrogens (tertiary/aromatic N) is 1. The van der Waals surface area contributed by atoms with E-state index in [1.807, 2.05) is 22.3 Å². The average molecular weight is 273 g/mol. The van der Waals surface area contributed by atoms with Gasteiger partial charge in [0.1, 0.15) is 5.82 Å². The lowest BCUT2D eigenvalue weighted by molar-refractivity contribution is 0.0924. The Morgan fingerprint density at radius 3 is 3.00 bits per heavy atom. The summed E-state index contributed by atoms with van der Waals surface area (Å²) in [7, 11) is 0. The van der Waals surface area contributed by atoms with Gasteiger partial charge in [-0.25, -0.2) is 10.2 Å². The third kappa shape index (κ3) is 2.06. The van der Waals surface area contributed by atoms with Gasteiger partial charge in [-0.1, -0.05) is 0 Å². The van der Waals surface area contributed by atoms with Gasteiger partial charge in [-0.2, -0.15) is 0 Å². The molecule has 0 unspecified atom stereocenters. The van der Waals surface area contributed by atoms with Crippen molar-refractivity contribution in [3.05, 3.63) is 59.9 Å². The zero-order valence-corrected chi connectivity index (χ0v) is 10.5. The summed E-state index contributed by atoms with van der Waals surface area (Å²) in [6.45, 7) is 0.439. The fourth-order valence-corrected chi connectivity index (χ4v) is 2.22. The number of fused-ring (bicyclic) bond motifs is 1. The smallest absolute Gasteiger partial charge is 0.301 e. The van der Waals surface area contributed by atoms with E-state index in [0.717, 1.165) is 10.9 Å². The summed E-state index contributed by atoms with van der Waals surface area (Å²) in [5, 5.41) is 0.804. The highest BCUT2D eigenvalue weighted by atomic mass is 19.1. The van der Waals surface area contributed by atoms with Crippen LogP contribution in [0.2, 0.25) is 0 Å². The van der Waals surface area contributed by atoms with Gasteiger partial charge in [-0.15, -0.1) is 0 Å². The molecule has 3 N–H and O–H groups in total. The van der Waals surface area contributed by atoms with Crippen molar-refractivity contribution < 1.29 is 13.6 Å². The zero-order chi connectivity index (χ0) is 14.1. The fourth-order valence-electron chi connectivity index (χ4n) is 2.22. The maximum Gasteiger partial charge on any atom is 0.301 e. The summed E-state index contributed by atoms with van der Waals surface area (Å²) in [6, 6.07) is 8.10. The Morgan fingerprint density at radius 2 is 2.20 bits per heavy atom. The number of benzene rings is 1. The number of nitrogen functional groups attached to an aromatic ring is 1. The zero-order valence-electron chi connectivity index (χ0n) is 10.5. The number of carbonyl (C=O) groups excluding carboxylic acids is 1. The SMILES string of the molecule is NNC(=O)c1occc1Cn1ccc2cc(F)ccc21. The molecule has 0 aliphatic carbocycles. The predicted molar refractivity (Wildman–Crippen MR) is 71.4 cm³/mol. The van der Waals surface area contributed by atoms with Crippen molar-refractivity contribution in [3.63, 3.8) is 0 Å². The first-order chi connectivity index (χ1) is 9.69. The number of carbonyl (C=O) groups is 1. The van der Waals surface area contributed by atoms with E-state index in [-0.39, 0.29) is 11.6 Å². The number of hydrogen-bond donors (Lipinski definition) is 2. The minimum absolute atomic E-state index is 0.177. The van der Waals surface area contributed by atoms with E-state index in [4.69, 9.17) is 10.3 Å². The monoisotopic (exact) mass is 273 g/mol. The van der Waals surface area contributed by atoms with Crippen molar-refractivity contribution in [2.24, 2.45) is 5.84 Å². The predicted octanol–water partition coefficient (Wildman–Crippen LogP) is 2.03. The maximum atomic E-state index is 13.1. The number of furan rings is 1. The lowest BCUT2D eigenvalue weighted by Crippen LogP contribution is -2.30. The van der Waals surface area contributed by atoms with Crippen LogP contribution in [0.1, 0.15) is 16.1 Å². The Morgan fingerprint density at radius 1 is 1.35 bits per heavy atom. The lowest BCUT2D eigenvalue weighted by Gasteiger charge is -2.05. The van der Waals surface area contributed by atoms with Gasteiger partial charge < -0.3 is 8.98 Å². The van der Waals surface area contributed by atoms with Crippen molar-refractivity contribution in [1.29, 1.82) is 0 Å². The molecule has 0 spiro atoms. The van der Waals surface area contributed by atoms with E-state index in [1.54, 1.807) is 12.1 Å². The second-order valence-electron chi connectivity index (χ2n) is 4.40. The quantitative estimate of drug-likeness (QED) is 0.435. The molecule has 0 aliphatic rings. The van der Waals surface area contributed by atoms with Gasteiger partial charge in [-0.05, 0) is 30.3 Å². The Hall–Kier alpha value is -2.60. The summed E-state index contributed by atoms with van der Waals surface area (Å²) in [4.78, 5) is 11.5. The molecule has 0 bridgehead atoms. The number of rotatable bonds is 3. The number of nitrogens with one attached hydrogen (secondary N) is 1. The van der Waals surface area contributed by atoms with Crippen molar-refractivity contribution in [2.75, 3.05) is 0 Å². The topological polar surface area (TPSA) is 73.2 Å². The van der Waals surface area contributed by atoms with E-state index in [1.165, 1.54) is 18.4 Å². The molecule has 2 heterocycles. The molecule has 0 fully saturated rings. The van der Waals surface area contributed by atoms with Gasteiger partial charge >= 0.3 is 5.91 Å². The van der Waals surface area contributed by atoms with E-state index in [0.29, 0.717) is 12.1 Å². The van der Waals surface area contributed by atoms with E-state index < -0.39 is 5.91 Å². The molecule has 0 saturated carbocycles. The average Bonchev–Trinajstić information content (AvgIpc) is 3.05. The van der Waals surface area contributed by atoms with Crippen LogP contribution in [0, 0.1) is 5.82 Å². The fraction of sp³-hybridized carbons (Fsp3) is 0.0714. The molecule has 6 heteroatoms. The van der Waals surface area contributed by atoms with Crippen LogP contribution < -0.4 is 11.3 Å². The maximum absolute atomic E-state index is 13.1. The molecule has 3 aromatic rings. The second kappa shape index (κ2) is 4.82. The van der Waals surface area contributed by atoms with Gasteiger partial charge in [0.2, 0.25) is 0 Å². The van der Waals surface area contributed by atoms with Gasteiger partial charge in [-0.3, -0.25) is 10.2 Å². The minimum atomic E-state index is -0.479. The first-order valence-electron chi connectivity index (χ1n) is 6.01. The van der Waals surface area contributed by atoms with Crippen LogP contribution in [0.25, 0.3) is 10.9 Å². The highest BCUT2D eigenvalue weighted by molar-refractivity contribution is 5.92. The minimum Gasteiger partial charge on any atom is -0.459 e. The van der Waals surface area contributed by atoms with Crippen molar-refractivity contribution >= 4 is 16.8 Å². The van der Waals surface area contributed by atoms with Crippen LogP contribution in [-0.4, -0.2) is 10.5 Å². The van der Waals surface area contributed by atoms with E-state index >= 15 is 0 Å². The molecule has 2 aromatic heterocycles. The van der Waals surface area contributed by atoms with E-state index in [2.05, 4.69) is 0 Å². The summed E-state index contributed by atoms with van der Waals surface area (Å²) in [5.74, 6) is 4.53. The molecule has 1 amide bonds. The normalized spacial score (nSPS) is 10.9. The second-order valence-corrected chi connectivity index (χ2v) is 4.40. The van der Waals surface area contributed by atoms with Gasteiger partial charge in [0.15, 0.2) is 5.76 Å². The van der Waals surface area contributed by atoms with Gasteiger partial charge in [0.25, 0.3) is 0 Å². The number of hydrazine groups is 1. The van der Waals surface area contributed by atoms with Crippen LogP contribution in [0.15, 0.2) is 47.2 Å². The van der Waals surface area contributed by atoms with Crippen LogP contribution in [0.3, 0.4) is 0 Å². The first-order valence-corrected chi connectivity index (χ1v) is 6.01. The summed E-state index contributed by atoms with van der Waals surface area (Å²) in [6.07, 6.45) is 3.27. The molecule has 0 radical (unpaired) electrons. The highest BCUT2D eigenvalue weighted by Gasteiger charge is 2.15. The molecule has 20 heavy (non-hydrogen) atoms. The molecule has 1 aromatic carbocycles. The molecule has 5 nitrogen and oxygen atoms in total. The lowest BCUT2D eigenvalue weighted by atomic mass is 10.2. The Bertz CT molecular complexity index is 776. The number of halogens is 1. The standard InChI is InChI=1S/C14H12FN3O2/c15-11-1-2-12-9(7-11)3-5-18(12)8-10-4-6-20-13(10)14(19)17-16/h1-7H,8,16H2,(H,17,19). The van der Waals surface area contributed by atoms with E-state index in [9.17, 15) is 9.18 Å². The Labute approximate surface area is 113 Å². The molecular formula is C14H12FN3O2. The molecule has 102 valence electrons. The molecule has 0 atom stereocenters. The third-order valence-corrected chi connectivity index (χ3v) is 3.16. The number of amides is 1. The first kappa shape index (κ1) is 12.4. The Balaban J connectivity index is 1.98. The van der Waals surface area contributed by atoms with Crippen molar-refractivity contribution in [2.45, 2.75) is 6.54 Å². The van der Waals surface area contributed by atoms with Crippen molar-refractivity contribution in [3.8, 4) is 0 Å². The number of nitrogens with two attached hydrogens (primary N) is 1. The van der Waals surface area contributed by atoms with Crippen LogP contribution >= 0.6 is 0 Å². The summed E-state index contributed by atoms with van der Waals surface area (Å²) in [5.41, 5.74) is 3.63. The summed E-state index contributed by atoms with van der Waals surface area (Å²) >= 11 is 0.